The Morgan fingerprint density at radius 1 is 0.826 bits per heavy atom. The largest absolute Gasteiger partial charge is 0.394 e. The quantitative estimate of drug-likeness (QED) is 0.300. The SMILES string of the molecule is CO[C@H]1O[C@@H](CO)[C@@H](O)[C@@H](O)[C@H]1O[C@@H]1O[C@@H](C)[C@H](O)[C@H](O)[C@@H]1O. The minimum Gasteiger partial charge on any atom is -0.394 e. The van der Waals surface area contributed by atoms with E-state index in [1.165, 1.54) is 14.0 Å². The minimum atomic E-state index is -1.57. The van der Waals surface area contributed by atoms with E-state index in [0.29, 0.717) is 0 Å². The van der Waals surface area contributed by atoms with E-state index in [9.17, 15) is 25.5 Å². The van der Waals surface area contributed by atoms with E-state index in [1.807, 2.05) is 0 Å². The zero-order valence-electron chi connectivity index (χ0n) is 12.8. The van der Waals surface area contributed by atoms with Crippen LogP contribution in [0.3, 0.4) is 0 Å². The number of rotatable bonds is 4. The molecule has 0 radical (unpaired) electrons. The van der Waals surface area contributed by atoms with Gasteiger partial charge in [0.1, 0.15) is 42.7 Å². The molecule has 0 spiro atoms. The highest BCUT2D eigenvalue weighted by atomic mass is 16.8. The monoisotopic (exact) mass is 340 g/mol. The van der Waals surface area contributed by atoms with Crippen molar-refractivity contribution in [3.63, 3.8) is 0 Å². The fourth-order valence-corrected chi connectivity index (χ4v) is 2.67. The molecule has 2 rings (SSSR count). The Balaban J connectivity index is 2.10. The zero-order valence-corrected chi connectivity index (χ0v) is 12.8. The molecule has 0 aromatic carbocycles. The summed E-state index contributed by atoms with van der Waals surface area (Å²) in [5, 5.41) is 58.5. The Morgan fingerprint density at radius 3 is 2.04 bits per heavy atom. The first kappa shape index (κ1) is 18.9. The van der Waals surface area contributed by atoms with Crippen molar-refractivity contribution in [2.24, 2.45) is 0 Å². The average Bonchev–Trinajstić information content (AvgIpc) is 2.54. The molecule has 0 aromatic rings. The van der Waals surface area contributed by atoms with Crippen LogP contribution >= 0.6 is 0 Å². The van der Waals surface area contributed by atoms with E-state index < -0.39 is 68.0 Å². The molecule has 2 fully saturated rings. The maximum absolute atomic E-state index is 10.1. The van der Waals surface area contributed by atoms with Gasteiger partial charge in [-0.2, -0.15) is 0 Å². The highest BCUT2D eigenvalue weighted by molar-refractivity contribution is 4.92. The van der Waals surface area contributed by atoms with Crippen molar-refractivity contribution in [3.05, 3.63) is 0 Å². The van der Waals surface area contributed by atoms with Gasteiger partial charge in [0.2, 0.25) is 0 Å². The third-order valence-electron chi connectivity index (χ3n) is 4.16. The molecule has 0 amide bonds. The molecule has 0 saturated carbocycles. The number of methoxy groups -OCH3 is 1. The number of hydrogen-bond donors (Lipinski definition) is 6. The van der Waals surface area contributed by atoms with E-state index in [1.54, 1.807) is 0 Å². The summed E-state index contributed by atoms with van der Waals surface area (Å²) in [5.41, 5.74) is 0. The maximum atomic E-state index is 10.1. The summed E-state index contributed by atoms with van der Waals surface area (Å²) >= 11 is 0. The molecule has 0 aromatic heterocycles. The van der Waals surface area contributed by atoms with Gasteiger partial charge < -0.3 is 49.6 Å². The van der Waals surface area contributed by atoms with Gasteiger partial charge in [0.25, 0.3) is 0 Å². The van der Waals surface area contributed by atoms with Gasteiger partial charge >= 0.3 is 0 Å². The van der Waals surface area contributed by atoms with Crippen molar-refractivity contribution in [1.29, 1.82) is 0 Å². The minimum absolute atomic E-state index is 0.532. The van der Waals surface area contributed by atoms with Crippen molar-refractivity contribution >= 4 is 0 Å². The summed E-state index contributed by atoms with van der Waals surface area (Å²) in [6.07, 6.45) is -12.9. The smallest absolute Gasteiger partial charge is 0.187 e. The molecule has 136 valence electrons. The van der Waals surface area contributed by atoms with Crippen molar-refractivity contribution in [2.45, 2.75) is 68.3 Å². The first-order valence-corrected chi connectivity index (χ1v) is 7.32. The van der Waals surface area contributed by atoms with Crippen molar-refractivity contribution in [1.82, 2.24) is 0 Å². The number of aliphatic hydroxyl groups excluding tert-OH is 6. The summed E-state index contributed by atoms with van der Waals surface area (Å²) in [5.74, 6) is 0. The Bertz CT molecular complexity index is 380. The van der Waals surface area contributed by atoms with Crippen LogP contribution in [-0.4, -0.2) is 106 Å². The lowest BCUT2D eigenvalue weighted by molar-refractivity contribution is -0.361. The van der Waals surface area contributed by atoms with Gasteiger partial charge in [-0.1, -0.05) is 0 Å². The normalized spacial score (nSPS) is 51.7. The van der Waals surface area contributed by atoms with Crippen LogP contribution < -0.4 is 0 Å². The van der Waals surface area contributed by atoms with Crippen molar-refractivity contribution < 1.29 is 49.6 Å². The van der Waals surface area contributed by atoms with Crippen LogP contribution in [0, 0.1) is 0 Å². The van der Waals surface area contributed by atoms with Gasteiger partial charge in [-0.05, 0) is 6.92 Å². The van der Waals surface area contributed by atoms with E-state index >= 15 is 0 Å². The van der Waals surface area contributed by atoms with Crippen molar-refractivity contribution in [2.75, 3.05) is 13.7 Å². The van der Waals surface area contributed by atoms with Crippen molar-refractivity contribution in [3.8, 4) is 0 Å². The van der Waals surface area contributed by atoms with Gasteiger partial charge in [0.05, 0.1) is 12.7 Å². The molecule has 2 saturated heterocycles. The predicted octanol–water partition coefficient (Wildman–Crippen LogP) is -3.72. The fourth-order valence-electron chi connectivity index (χ4n) is 2.67. The molecule has 2 aliphatic rings. The average molecular weight is 340 g/mol. The Morgan fingerprint density at radius 2 is 1.48 bits per heavy atom. The molecule has 10 nitrogen and oxygen atoms in total. The lowest BCUT2D eigenvalue weighted by Crippen LogP contribution is -2.64. The molecule has 6 N–H and O–H groups in total. The molecule has 10 atom stereocenters. The molecular weight excluding hydrogens is 316 g/mol. The highest BCUT2D eigenvalue weighted by Gasteiger charge is 2.49. The standard InChI is InChI=1S/C13H24O10/c1-4-6(15)8(17)10(19)12(21-4)23-11-9(18)7(16)5(3-14)22-13(11)20-2/h4-19H,3H2,1-2H3/t4-,5-,6-,7+,8-,9+,10-,11+,12-,13-/m0/s1. The van der Waals surface area contributed by atoms with Gasteiger partial charge in [-0.25, -0.2) is 0 Å². The lowest BCUT2D eigenvalue weighted by Gasteiger charge is -2.45. The molecule has 23 heavy (non-hydrogen) atoms. The van der Waals surface area contributed by atoms with Crippen LogP contribution in [0.2, 0.25) is 0 Å². The highest BCUT2D eigenvalue weighted by Crippen LogP contribution is 2.29. The van der Waals surface area contributed by atoms with Crippen LogP contribution in [-0.2, 0) is 18.9 Å². The summed E-state index contributed by atoms with van der Waals surface area (Å²) in [4.78, 5) is 0. The Labute approximate surface area is 132 Å². The summed E-state index contributed by atoms with van der Waals surface area (Å²) in [7, 11) is 1.28. The van der Waals surface area contributed by atoms with E-state index in [2.05, 4.69) is 0 Å². The summed E-state index contributed by atoms with van der Waals surface area (Å²) < 4.78 is 21.0. The number of ether oxygens (including phenoxy) is 4. The molecule has 0 unspecified atom stereocenters. The topological polar surface area (TPSA) is 158 Å². The Hall–Kier alpha value is -0.400. The molecular formula is C13H24O10. The Kier molecular flexibility index (Phi) is 6.30. The third kappa shape index (κ3) is 3.66. The van der Waals surface area contributed by atoms with E-state index in [-0.39, 0.29) is 0 Å². The summed E-state index contributed by atoms with van der Waals surface area (Å²) in [6.45, 7) is 0.948. The second-order valence-corrected chi connectivity index (χ2v) is 5.72. The molecule has 0 bridgehead atoms. The molecule has 10 heteroatoms. The van der Waals surface area contributed by atoms with Gasteiger partial charge in [-0.3, -0.25) is 0 Å². The number of aliphatic hydroxyl groups is 6. The molecule has 2 heterocycles. The van der Waals surface area contributed by atoms with Gasteiger partial charge in [0, 0.05) is 7.11 Å². The van der Waals surface area contributed by atoms with E-state index in [4.69, 9.17) is 24.1 Å². The van der Waals surface area contributed by atoms with Crippen LogP contribution in [0.15, 0.2) is 0 Å². The first-order valence-electron chi connectivity index (χ1n) is 7.32. The third-order valence-corrected chi connectivity index (χ3v) is 4.16. The fraction of sp³-hybridized carbons (Fsp3) is 1.00. The van der Waals surface area contributed by atoms with Crippen LogP contribution in [0.5, 0.6) is 0 Å². The maximum Gasteiger partial charge on any atom is 0.187 e. The van der Waals surface area contributed by atoms with Crippen LogP contribution in [0.25, 0.3) is 0 Å². The second-order valence-electron chi connectivity index (χ2n) is 5.72. The van der Waals surface area contributed by atoms with Crippen LogP contribution in [0.4, 0.5) is 0 Å². The van der Waals surface area contributed by atoms with Gasteiger partial charge in [0.15, 0.2) is 12.6 Å². The zero-order chi connectivity index (χ0) is 17.3. The summed E-state index contributed by atoms with van der Waals surface area (Å²) in [6, 6.07) is 0. The molecule has 2 aliphatic heterocycles. The first-order chi connectivity index (χ1) is 10.8. The van der Waals surface area contributed by atoms with Gasteiger partial charge in [-0.15, -0.1) is 0 Å². The van der Waals surface area contributed by atoms with E-state index in [0.717, 1.165) is 0 Å². The second kappa shape index (κ2) is 7.66. The molecule has 0 aliphatic carbocycles. The predicted molar refractivity (Wildman–Crippen MR) is 72.0 cm³/mol. The van der Waals surface area contributed by atoms with Crippen LogP contribution in [0.1, 0.15) is 6.92 Å². The lowest BCUT2D eigenvalue weighted by atomic mass is 9.97. The number of hydrogen-bond acceptors (Lipinski definition) is 10.